The van der Waals surface area contributed by atoms with Gasteiger partial charge in [0.2, 0.25) is 0 Å². The van der Waals surface area contributed by atoms with Crippen molar-refractivity contribution in [1.82, 2.24) is 14.0 Å². The van der Waals surface area contributed by atoms with Crippen LogP contribution in [0.1, 0.15) is 6.42 Å². The molecule has 1 N–H and O–H groups in total. The summed E-state index contributed by atoms with van der Waals surface area (Å²) in [6.45, 7) is 5.60. The number of rotatable bonds is 6. The topological polar surface area (TPSA) is 62.5 Å². The maximum Gasteiger partial charge on any atom is 0.332 e. The molecule has 1 aromatic heterocycles. The highest BCUT2D eigenvalue weighted by atomic mass is 35.5. The second-order valence-electron chi connectivity index (χ2n) is 6.83. The average Bonchev–Trinajstić information content (AvgIpc) is 2.68. The van der Waals surface area contributed by atoms with Gasteiger partial charge in [0.1, 0.15) is 5.82 Å². The lowest BCUT2D eigenvalue weighted by Crippen LogP contribution is -2.47. The SMILES string of the molecule is Cn1c(NCCCN2CCN(c3ccccc3Cl)CC2)cc(=O)n(C)c1=O. The Morgan fingerprint density at radius 3 is 2.44 bits per heavy atom. The highest BCUT2D eigenvalue weighted by molar-refractivity contribution is 6.33. The van der Waals surface area contributed by atoms with Crippen molar-refractivity contribution in [3.8, 4) is 0 Å². The van der Waals surface area contributed by atoms with Gasteiger partial charge in [-0.25, -0.2) is 4.79 Å². The van der Waals surface area contributed by atoms with Crippen molar-refractivity contribution < 1.29 is 0 Å². The summed E-state index contributed by atoms with van der Waals surface area (Å²) in [7, 11) is 3.15. The van der Waals surface area contributed by atoms with E-state index in [1.807, 2.05) is 18.2 Å². The fourth-order valence-corrected chi connectivity index (χ4v) is 3.60. The molecule has 0 bridgehead atoms. The highest BCUT2D eigenvalue weighted by Gasteiger charge is 2.18. The van der Waals surface area contributed by atoms with Gasteiger partial charge >= 0.3 is 5.69 Å². The van der Waals surface area contributed by atoms with Crippen LogP contribution in [0.25, 0.3) is 0 Å². The van der Waals surface area contributed by atoms with E-state index in [-0.39, 0.29) is 11.2 Å². The average molecular weight is 392 g/mol. The lowest BCUT2D eigenvalue weighted by molar-refractivity contribution is 0.257. The van der Waals surface area contributed by atoms with Crippen molar-refractivity contribution in [3.63, 3.8) is 0 Å². The Kier molecular flexibility index (Phi) is 6.23. The molecule has 1 aliphatic rings. The summed E-state index contributed by atoms with van der Waals surface area (Å²) in [4.78, 5) is 28.4. The summed E-state index contributed by atoms with van der Waals surface area (Å²) in [5.74, 6) is 0.562. The summed E-state index contributed by atoms with van der Waals surface area (Å²) < 4.78 is 2.56. The van der Waals surface area contributed by atoms with E-state index in [0.29, 0.717) is 12.4 Å². The Bertz CT molecular complexity index is 900. The summed E-state index contributed by atoms with van der Waals surface area (Å²) in [5.41, 5.74) is 0.490. The van der Waals surface area contributed by atoms with Crippen molar-refractivity contribution in [3.05, 3.63) is 56.2 Å². The van der Waals surface area contributed by atoms with Crippen molar-refractivity contribution in [2.24, 2.45) is 14.1 Å². The standard InChI is InChI=1S/C19H26ClN5O2/c1-22-17(14-18(26)23(2)19(22)27)21-8-5-9-24-10-12-25(13-11-24)16-7-4-3-6-15(16)20/h3-4,6-7,14,21H,5,8-13H2,1-2H3. The Morgan fingerprint density at radius 2 is 1.74 bits per heavy atom. The molecule has 0 unspecified atom stereocenters. The molecular formula is C19H26ClN5O2. The molecule has 0 atom stereocenters. The monoisotopic (exact) mass is 391 g/mol. The smallest absolute Gasteiger partial charge is 0.332 e. The molecule has 8 heteroatoms. The lowest BCUT2D eigenvalue weighted by Gasteiger charge is -2.36. The van der Waals surface area contributed by atoms with Crippen LogP contribution in [0.4, 0.5) is 11.5 Å². The van der Waals surface area contributed by atoms with Gasteiger partial charge in [-0.2, -0.15) is 0 Å². The lowest BCUT2D eigenvalue weighted by atomic mass is 10.2. The number of nitrogens with one attached hydrogen (secondary N) is 1. The zero-order valence-electron chi connectivity index (χ0n) is 15.8. The van der Waals surface area contributed by atoms with E-state index in [2.05, 4.69) is 21.2 Å². The van der Waals surface area contributed by atoms with Gasteiger partial charge in [-0.1, -0.05) is 23.7 Å². The predicted octanol–water partition coefficient (Wildman–Crippen LogP) is 1.36. The first-order chi connectivity index (χ1) is 13.0. The number of nitrogens with zero attached hydrogens (tertiary/aromatic N) is 4. The molecule has 7 nitrogen and oxygen atoms in total. The van der Waals surface area contributed by atoms with Crippen LogP contribution in [0.5, 0.6) is 0 Å². The first-order valence-corrected chi connectivity index (χ1v) is 9.58. The first kappa shape index (κ1) is 19.5. The highest BCUT2D eigenvalue weighted by Crippen LogP contribution is 2.25. The molecule has 0 amide bonds. The van der Waals surface area contributed by atoms with Crippen LogP contribution in [0.2, 0.25) is 5.02 Å². The fraction of sp³-hybridized carbons (Fsp3) is 0.474. The zero-order valence-corrected chi connectivity index (χ0v) is 16.6. The third-order valence-corrected chi connectivity index (χ3v) is 5.37. The van der Waals surface area contributed by atoms with Crippen LogP contribution in [0.3, 0.4) is 0 Å². The quantitative estimate of drug-likeness (QED) is 0.753. The zero-order chi connectivity index (χ0) is 19.4. The second-order valence-corrected chi connectivity index (χ2v) is 7.24. The molecule has 1 aromatic carbocycles. The number of para-hydroxylation sites is 1. The maximum atomic E-state index is 11.9. The number of aromatic nitrogens is 2. The van der Waals surface area contributed by atoms with Crippen LogP contribution < -0.4 is 21.5 Å². The van der Waals surface area contributed by atoms with Crippen LogP contribution in [0, 0.1) is 0 Å². The largest absolute Gasteiger partial charge is 0.371 e. The summed E-state index contributed by atoms with van der Waals surface area (Å²) >= 11 is 6.29. The Morgan fingerprint density at radius 1 is 1.04 bits per heavy atom. The molecule has 27 heavy (non-hydrogen) atoms. The van der Waals surface area contributed by atoms with Gasteiger partial charge in [0, 0.05) is 52.9 Å². The predicted molar refractivity (Wildman–Crippen MR) is 110 cm³/mol. The number of anilines is 2. The second kappa shape index (κ2) is 8.63. The molecule has 0 spiro atoms. The van der Waals surface area contributed by atoms with Crippen molar-refractivity contribution in [1.29, 1.82) is 0 Å². The Hall–Kier alpha value is -2.25. The molecule has 146 valence electrons. The fourth-order valence-electron chi connectivity index (χ4n) is 3.34. The number of piperazine rings is 1. The van der Waals surface area contributed by atoms with Crippen LogP contribution in [-0.4, -0.2) is 53.3 Å². The van der Waals surface area contributed by atoms with Crippen molar-refractivity contribution >= 4 is 23.1 Å². The molecule has 2 heterocycles. The molecule has 0 saturated carbocycles. The van der Waals surface area contributed by atoms with E-state index in [1.165, 1.54) is 17.7 Å². The Balaban J connectivity index is 1.44. The summed E-state index contributed by atoms with van der Waals surface area (Å²) in [6, 6.07) is 9.43. The van der Waals surface area contributed by atoms with Gasteiger partial charge in [-0.15, -0.1) is 0 Å². The van der Waals surface area contributed by atoms with Crippen molar-refractivity contribution in [2.45, 2.75) is 6.42 Å². The number of hydrogen-bond donors (Lipinski definition) is 1. The van der Waals surface area contributed by atoms with Gasteiger partial charge in [-0.3, -0.25) is 18.8 Å². The molecule has 3 rings (SSSR count). The molecular weight excluding hydrogens is 366 g/mol. The molecule has 1 saturated heterocycles. The van der Waals surface area contributed by atoms with Gasteiger partial charge < -0.3 is 10.2 Å². The first-order valence-electron chi connectivity index (χ1n) is 9.20. The minimum Gasteiger partial charge on any atom is -0.371 e. The number of benzene rings is 1. The van der Waals surface area contributed by atoms with E-state index in [0.717, 1.165) is 54.4 Å². The number of hydrogen-bond acceptors (Lipinski definition) is 5. The van der Waals surface area contributed by atoms with E-state index >= 15 is 0 Å². The molecule has 2 aromatic rings. The molecule has 0 radical (unpaired) electrons. The molecule has 1 aliphatic heterocycles. The van der Waals surface area contributed by atoms with Gasteiger partial charge in [0.15, 0.2) is 0 Å². The molecule has 1 fully saturated rings. The summed E-state index contributed by atoms with van der Waals surface area (Å²) in [5, 5.41) is 4.00. The molecule has 0 aliphatic carbocycles. The Labute approximate surface area is 163 Å². The maximum absolute atomic E-state index is 11.9. The normalized spacial score (nSPS) is 15.1. The van der Waals surface area contributed by atoms with Crippen LogP contribution >= 0.6 is 11.6 Å². The van der Waals surface area contributed by atoms with Gasteiger partial charge in [-0.05, 0) is 25.1 Å². The number of halogens is 1. The van der Waals surface area contributed by atoms with E-state index in [4.69, 9.17) is 11.6 Å². The van der Waals surface area contributed by atoms with Crippen LogP contribution in [-0.2, 0) is 14.1 Å². The van der Waals surface area contributed by atoms with Crippen LogP contribution in [0.15, 0.2) is 39.9 Å². The van der Waals surface area contributed by atoms with E-state index < -0.39 is 0 Å². The van der Waals surface area contributed by atoms with Gasteiger partial charge in [0.05, 0.1) is 10.7 Å². The summed E-state index contributed by atoms with van der Waals surface area (Å²) in [6.07, 6.45) is 0.940. The third kappa shape index (κ3) is 4.54. The van der Waals surface area contributed by atoms with E-state index in [9.17, 15) is 9.59 Å². The van der Waals surface area contributed by atoms with E-state index in [1.54, 1.807) is 7.05 Å². The van der Waals surface area contributed by atoms with Gasteiger partial charge in [0.25, 0.3) is 5.56 Å². The minimum absolute atomic E-state index is 0.295. The third-order valence-electron chi connectivity index (χ3n) is 5.05. The van der Waals surface area contributed by atoms with Crippen molar-refractivity contribution in [2.75, 3.05) is 49.5 Å². The minimum atomic E-state index is -0.319.